The molecule has 0 atom stereocenters. The van der Waals surface area contributed by atoms with Crippen molar-refractivity contribution in [2.75, 3.05) is 6.61 Å². The molecule has 0 bridgehead atoms. The number of oxazole rings is 1. The van der Waals surface area contributed by atoms with Crippen molar-refractivity contribution >= 4 is 0 Å². The zero-order valence-corrected chi connectivity index (χ0v) is 17.8. The van der Waals surface area contributed by atoms with Gasteiger partial charge < -0.3 is 14.3 Å². The molecule has 0 radical (unpaired) electrons. The highest BCUT2D eigenvalue weighted by Crippen LogP contribution is 2.28. The fourth-order valence-electron chi connectivity index (χ4n) is 3.39. The van der Waals surface area contributed by atoms with Crippen LogP contribution in [0.3, 0.4) is 0 Å². The zero-order valence-electron chi connectivity index (χ0n) is 17.8. The van der Waals surface area contributed by atoms with Crippen LogP contribution in [0.4, 0.5) is 13.2 Å². The molecule has 2 aromatic heterocycles. The van der Waals surface area contributed by atoms with Gasteiger partial charge in [-0.3, -0.25) is 4.68 Å². The van der Waals surface area contributed by atoms with Gasteiger partial charge in [-0.2, -0.15) is 5.10 Å². The topological polar surface area (TPSA) is 73.3 Å². The molecule has 0 unspecified atom stereocenters. The van der Waals surface area contributed by atoms with E-state index in [0.717, 1.165) is 24.1 Å². The van der Waals surface area contributed by atoms with E-state index >= 15 is 0 Å². The van der Waals surface area contributed by atoms with Crippen LogP contribution >= 0.6 is 0 Å². The van der Waals surface area contributed by atoms with E-state index in [1.54, 1.807) is 0 Å². The summed E-state index contributed by atoms with van der Waals surface area (Å²) in [6, 6.07) is 15.5. The summed E-state index contributed by atoms with van der Waals surface area (Å²) in [6.07, 6.45) is -1.72. The largest absolute Gasteiger partial charge is 0.573 e. The molecule has 6 nitrogen and oxygen atoms in total. The first-order valence-corrected chi connectivity index (χ1v) is 10.4. The summed E-state index contributed by atoms with van der Waals surface area (Å²) in [5, 5.41) is 13.5. The van der Waals surface area contributed by atoms with Gasteiger partial charge in [-0.25, -0.2) is 4.98 Å². The van der Waals surface area contributed by atoms with Gasteiger partial charge in [-0.15, -0.1) is 13.2 Å². The highest BCUT2D eigenvalue weighted by atomic mass is 19.4. The average molecular weight is 457 g/mol. The van der Waals surface area contributed by atoms with Crippen LogP contribution < -0.4 is 4.74 Å². The molecular weight excluding hydrogens is 435 g/mol. The summed E-state index contributed by atoms with van der Waals surface area (Å²) < 4.78 is 48.3. The fraction of sp³-hybridized carbons (Fsp3) is 0.250. The number of halogens is 3. The van der Waals surface area contributed by atoms with Gasteiger partial charge in [0.15, 0.2) is 0 Å². The van der Waals surface area contributed by atoms with Crippen molar-refractivity contribution in [3.05, 3.63) is 77.7 Å². The van der Waals surface area contributed by atoms with Crippen LogP contribution in [0.1, 0.15) is 23.2 Å². The third-order valence-electron chi connectivity index (χ3n) is 5.07. The standard InChI is InChI=1S/C24H22F3N3O3/c1-16-13-21(29-30(16)14-18-6-4-17(5-7-18)3-2-12-31)23-28-22(15-32-23)19-8-10-20(11-9-19)33-24(25,26)27/h4-11,13,15,31H,2-3,12,14H2,1H3. The van der Waals surface area contributed by atoms with Gasteiger partial charge in [0.2, 0.25) is 5.89 Å². The van der Waals surface area contributed by atoms with Crippen molar-refractivity contribution < 1.29 is 27.4 Å². The van der Waals surface area contributed by atoms with Crippen LogP contribution in [0, 0.1) is 6.92 Å². The first-order valence-electron chi connectivity index (χ1n) is 10.4. The molecule has 0 saturated heterocycles. The van der Waals surface area contributed by atoms with E-state index in [1.165, 1.54) is 36.1 Å². The van der Waals surface area contributed by atoms with E-state index in [2.05, 4.69) is 27.0 Å². The molecule has 1 N–H and O–H groups in total. The van der Waals surface area contributed by atoms with Gasteiger partial charge >= 0.3 is 6.36 Å². The summed E-state index contributed by atoms with van der Waals surface area (Å²) >= 11 is 0. The molecular formula is C24H22F3N3O3. The quantitative estimate of drug-likeness (QED) is 0.384. The number of aryl methyl sites for hydroxylation is 2. The smallest absolute Gasteiger partial charge is 0.443 e. The first kappa shape index (κ1) is 22.6. The molecule has 0 aliphatic heterocycles. The van der Waals surface area contributed by atoms with Crippen molar-refractivity contribution in [2.45, 2.75) is 32.7 Å². The Balaban J connectivity index is 1.46. The Morgan fingerprint density at radius 3 is 2.36 bits per heavy atom. The molecule has 33 heavy (non-hydrogen) atoms. The molecule has 4 rings (SSSR count). The van der Waals surface area contributed by atoms with Gasteiger partial charge in [0.05, 0.1) is 6.54 Å². The number of hydrogen-bond donors (Lipinski definition) is 1. The van der Waals surface area contributed by atoms with Gasteiger partial charge in [0, 0.05) is 17.9 Å². The summed E-state index contributed by atoms with van der Waals surface area (Å²) in [4.78, 5) is 4.43. The number of alkyl halides is 3. The monoisotopic (exact) mass is 457 g/mol. The summed E-state index contributed by atoms with van der Waals surface area (Å²) in [5.41, 5.74) is 4.84. The molecule has 0 saturated carbocycles. The number of hydrogen-bond acceptors (Lipinski definition) is 5. The van der Waals surface area contributed by atoms with Crippen molar-refractivity contribution in [3.63, 3.8) is 0 Å². The lowest BCUT2D eigenvalue weighted by Gasteiger charge is -2.08. The Kier molecular flexibility index (Phi) is 6.50. The second-order valence-corrected chi connectivity index (χ2v) is 7.58. The highest BCUT2D eigenvalue weighted by Gasteiger charge is 2.31. The number of aliphatic hydroxyl groups is 1. The SMILES string of the molecule is Cc1cc(-c2nc(-c3ccc(OC(F)(F)F)cc3)co2)nn1Cc1ccc(CCCO)cc1. The summed E-state index contributed by atoms with van der Waals surface area (Å²) in [7, 11) is 0. The number of aliphatic hydroxyl groups excluding tert-OH is 1. The van der Waals surface area contributed by atoms with Crippen molar-refractivity contribution in [3.8, 4) is 28.6 Å². The summed E-state index contributed by atoms with van der Waals surface area (Å²) in [6.45, 7) is 2.70. The molecule has 0 aliphatic rings. The van der Waals surface area contributed by atoms with E-state index in [9.17, 15) is 13.2 Å². The van der Waals surface area contributed by atoms with E-state index < -0.39 is 6.36 Å². The lowest BCUT2D eigenvalue weighted by Crippen LogP contribution is -2.16. The molecule has 2 aromatic carbocycles. The van der Waals surface area contributed by atoms with Gasteiger partial charge in [0.25, 0.3) is 0 Å². The zero-order chi connectivity index (χ0) is 23.4. The van der Waals surface area contributed by atoms with Crippen LogP contribution in [-0.2, 0) is 13.0 Å². The maximum Gasteiger partial charge on any atom is 0.573 e. The van der Waals surface area contributed by atoms with Crippen molar-refractivity contribution in [1.82, 2.24) is 14.8 Å². The Hall–Kier alpha value is -3.59. The van der Waals surface area contributed by atoms with E-state index in [-0.39, 0.29) is 12.4 Å². The average Bonchev–Trinajstić information content (AvgIpc) is 3.40. The third-order valence-corrected chi connectivity index (χ3v) is 5.07. The van der Waals surface area contributed by atoms with Crippen LogP contribution in [0.5, 0.6) is 5.75 Å². The van der Waals surface area contributed by atoms with Crippen LogP contribution in [-0.4, -0.2) is 32.8 Å². The van der Waals surface area contributed by atoms with Crippen molar-refractivity contribution in [2.24, 2.45) is 0 Å². The molecule has 172 valence electrons. The lowest BCUT2D eigenvalue weighted by molar-refractivity contribution is -0.274. The minimum absolute atomic E-state index is 0.178. The fourth-order valence-corrected chi connectivity index (χ4v) is 3.39. The predicted octanol–water partition coefficient (Wildman–Crippen LogP) is 5.39. The van der Waals surface area contributed by atoms with Crippen molar-refractivity contribution in [1.29, 1.82) is 0 Å². The molecule has 0 aliphatic carbocycles. The first-order chi connectivity index (χ1) is 15.8. The van der Waals surface area contributed by atoms with Gasteiger partial charge in [0.1, 0.15) is 23.4 Å². The third kappa shape index (κ3) is 5.81. The maximum atomic E-state index is 12.3. The molecule has 2 heterocycles. The van der Waals surface area contributed by atoms with Crippen LogP contribution in [0.2, 0.25) is 0 Å². The Bertz CT molecular complexity index is 1200. The van der Waals surface area contributed by atoms with E-state index in [0.29, 0.717) is 29.4 Å². The maximum absolute atomic E-state index is 12.3. The second-order valence-electron chi connectivity index (χ2n) is 7.58. The summed E-state index contributed by atoms with van der Waals surface area (Å²) in [5.74, 6) is 0.0209. The molecule has 4 aromatic rings. The van der Waals surface area contributed by atoms with Crippen LogP contribution in [0.25, 0.3) is 22.8 Å². The van der Waals surface area contributed by atoms with Crippen LogP contribution in [0.15, 0.2) is 65.3 Å². The molecule has 0 spiro atoms. The number of nitrogens with zero attached hydrogens (tertiary/aromatic N) is 3. The minimum atomic E-state index is -4.73. The molecule has 9 heteroatoms. The lowest BCUT2D eigenvalue weighted by atomic mass is 10.1. The van der Waals surface area contributed by atoms with Gasteiger partial charge in [-0.1, -0.05) is 24.3 Å². The molecule has 0 amide bonds. The van der Waals surface area contributed by atoms with E-state index in [1.807, 2.05) is 29.8 Å². The number of ether oxygens (including phenoxy) is 1. The normalized spacial score (nSPS) is 11.7. The predicted molar refractivity (Wildman–Crippen MR) is 116 cm³/mol. The van der Waals surface area contributed by atoms with Gasteiger partial charge in [-0.05, 0) is 61.2 Å². The number of aromatic nitrogens is 3. The number of rotatable bonds is 8. The second kappa shape index (κ2) is 9.50. The molecule has 0 fully saturated rings. The van der Waals surface area contributed by atoms with E-state index in [4.69, 9.17) is 9.52 Å². The minimum Gasteiger partial charge on any atom is -0.443 e. The Morgan fingerprint density at radius 1 is 1.00 bits per heavy atom. The highest BCUT2D eigenvalue weighted by molar-refractivity contribution is 5.62. The Labute approximate surface area is 188 Å². The number of benzene rings is 2. The Morgan fingerprint density at radius 2 is 1.70 bits per heavy atom.